The summed E-state index contributed by atoms with van der Waals surface area (Å²) in [5.74, 6) is -0.449. The molecule has 5 nitrogen and oxygen atoms in total. The summed E-state index contributed by atoms with van der Waals surface area (Å²) in [6.45, 7) is 0. The fourth-order valence-corrected chi connectivity index (χ4v) is 2.52. The minimum Gasteiger partial charge on any atom is -0.504 e. The number of rotatable bonds is 4. The molecule has 0 saturated heterocycles. The van der Waals surface area contributed by atoms with Gasteiger partial charge in [-0.05, 0) is 18.2 Å². The number of aromatic nitrogens is 2. The van der Waals surface area contributed by atoms with E-state index in [1.165, 1.54) is 41.3 Å². The fraction of sp³-hybridized carbons (Fsp3) is 0.100. The van der Waals surface area contributed by atoms with Gasteiger partial charge in [-0.3, -0.25) is 4.79 Å². The molecule has 88 valence electrons. The van der Waals surface area contributed by atoms with Gasteiger partial charge in [0.15, 0.2) is 21.6 Å². The number of ketones is 1. The summed E-state index contributed by atoms with van der Waals surface area (Å²) >= 11 is 2.66. The van der Waals surface area contributed by atoms with Gasteiger partial charge in [-0.15, -0.1) is 10.2 Å². The third-order valence-corrected chi connectivity index (χ3v) is 3.82. The predicted molar refractivity (Wildman–Crippen MR) is 64.7 cm³/mol. The van der Waals surface area contributed by atoms with Crippen LogP contribution in [0, 0.1) is 0 Å². The summed E-state index contributed by atoms with van der Waals surface area (Å²) < 4.78 is 0.723. The summed E-state index contributed by atoms with van der Waals surface area (Å²) in [6, 6.07) is 4.01. The molecular weight excluding hydrogens is 260 g/mol. The molecule has 1 aromatic carbocycles. The van der Waals surface area contributed by atoms with E-state index < -0.39 is 0 Å². The zero-order chi connectivity index (χ0) is 12.3. The largest absolute Gasteiger partial charge is 0.504 e. The standard InChI is InChI=1S/C10H8N2O3S2/c13-7-2-1-6(3-8(7)14)9(15)4-16-10-12-11-5-17-10/h1-3,5,13-14H,4H2. The van der Waals surface area contributed by atoms with Crippen LogP contribution in [-0.2, 0) is 0 Å². The van der Waals surface area contributed by atoms with Crippen LogP contribution in [-0.4, -0.2) is 31.9 Å². The Morgan fingerprint density at radius 2 is 2.18 bits per heavy atom. The van der Waals surface area contributed by atoms with Crippen LogP contribution in [0.5, 0.6) is 11.5 Å². The first-order valence-corrected chi connectivity index (χ1v) is 6.47. The molecule has 2 aromatic rings. The van der Waals surface area contributed by atoms with Gasteiger partial charge in [0.25, 0.3) is 0 Å². The molecule has 0 saturated carbocycles. The summed E-state index contributed by atoms with van der Waals surface area (Å²) in [5.41, 5.74) is 1.96. The summed E-state index contributed by atoms with van der Waals surface area (Å²) in [7, 11) is 0. The highest BCUT2D eigenvalue weighted by atomic mass is 32.2. The average molecular weight is 268 g/mol. The number of aromatic hydroxyl groups is 2. The molecule has 0 fully saturated rings. The van der Waals surface area contributed by atoms with Crippen molar-refractivity contribution in [3.63, 3.8) is 0 Å². The van der Waals surface area contributed by atoms with Gasteiger partial charge in [-0.25, -0.2) is 0 Å². The number of phenols is 2. The Kier molecular flexibility index (Phi) is 3.60. The van der Waals surface area contributed by atoms with Gasteiger partial charge < -0.3 is 10.2 Å². The smallest absolute Gasteiger partial charge is 0.174 e. The number of hydrogen-bond donors (Lipinski definition) is 2. The molecule has 1 heterocycles. The zero-order valence-electron chi connectivity index (χ0n) is 8.53. The Balaban J connectivity index is 2.02. The molecule has 0 bridgehead atoms. The first-order chi connectivity index (χ1) is 8.16. The lowest BCUT2D eigenvalue weighted by molar-refractivity contribution is 0.102. The van der Waals surface area contributed by atoms with Crippen molar-refractivity contribution in [2.24, 2.45) is 0 Å². The highest BCUT2D eigenvalue weighted by Gasteiger charge is 2.10. The van der Waals surface area contributed by atoms with Gasteiger partial charge in [0.1, 0.15) is 5.51 Å². The molecule has 0 aliphatic rings. The van der Waals surface area contributed by atoms with E-state index in [9.17, 15) is 9.90 Å². The summed E-state index contributed by atoms with van der Waals surface area (Å²) in [5, 5.41) is 25.9. The van der Waals surface area contributed by atoms with E-state index in [0.717, 1.165) is 4.34 Å². The number of phenolic OH excluding ortho intramolecular Hbond substituents is 2. The second kappa shape index (κ2) is 5.15. The fourth-order valence-electron chi connectivity index (χ4n) is 1.13. The van der Waals surface area contributed by atoms with Crippen LogP contribution in [0.2, 0.25) is 0 Å². The highest BCUT2D eigenvalue weighted by molar-refractivity contribution is 8.01. The van der Waals surface area contributed by atoms with E-state index in [4.69, 9.17) is 5.11 Å². The van der Waals surface area contributed by atoms with Crippen molar-refractivity contribution >= 4 is 28.9 Å². The second-order valence-corrected chi connectivity index (χ2v) is 5.18. The van der Waals surface area contributed by atoms with Crippen molar-refractivity contribution in [3.8, 4) is 11.5 Å². The van der Waals surface area contributed by atoms with E-state index in [1.54, 1.807) is 5.51 Å². The van der Waals surface area contributed by atoms with Crippen molar-refractivity contribution in [3.05, 3.63) is 29.3 Å². The van der Waals surface area contributed by atoms with E-state index in [-0.39, 0.29) is 23.0 Å². The first kappa shape index (κ1) is 11.9. The van der Waals surface area contributed by atoms with Gasteiger partial charge in [-0.1, -0.05) is 23.1 Å². The Morgan fingerprint density at radius 1 is 1.35 bits per heavy atom. The number of thioether (sulfide) groups is 1. The number of benzene rings is 1. The lowest BCUT2D eigenvalue weighted by atomic mass is 10.1. The second-order valence-electron chi connectivity index (χ2n) is 3.12. The van der Waals surface area contributed by atoms with Gasteiger partial charge >= 0.3 is 0 Å². The van der Waals surface area contributed by atoms with Crippen molar-refractivity contribution < 1.29 is 15.0 Å². The van der Waals surface area contributed by atoms with Gasteiger partial charge in [0.05, 0.1) is 5.75 Å². The SMILES string of the molecule is O=C(CSc1nncs1)c1ccc(O)c(O)c1. The number of carbonyl (C=O) groups excluding carboxylic acids is 1. The quantitative estimate of drug-likeness (QED) is 0.501. The topological polar surface area (TPSA) is 83.3 Å². The van der Waals surface area contributed by atoms with E-state index in [1.807, 2.05) is 0 Å². The Morgan fingerprint density at radius 3 is 2.82 bits per heavy atom. The minimum absolute atomic E-state index is 0.138. The van der Waals surface area contributed by atoms with Crippen molar-refractivity contribution in [1.82, 2.24) is 10.2 Å². The summed E-state index contributed by atoms with van der Waals surface area (Å²) in [6.07, 6.45) is 0. The predicted octanol–water partition coefficient (Wildman–Crippen LogP) is 1.92. The van der Waals surface area contributed by atoms with Gasteiger partial charge in [0, 0.05) is 5.56 Å². The third kappa shape index (κ3) is 2.95. The average Bonchev–Trinajstić information content (AvgIpc) is 2.82. The van der Waals surface area contributed by atoms with Gasteiger partial charge in [0.2, 0.25) is 0 Å². The third-order valence-electron chi connectivity index (χ3n) is 1.96. The maximum absolute atomic E-state index is 11.7. The number of nitrogens with zero attached hydrogens (tertiary/aromatic N) is 2. The Hall–Kier alpha value is -1.60. The zero-order valence-corrected chi connectivity index (χ0v) is 10.2. The maximum Gasteiger partial charge on any atom is 0.174 e. The van der Waals surface area contributed by atoms with Crippen LogP contribution >= 0.6 is 23.1 Å². The Labute approximate surface area is 105 Å². The van der Waals surface area contributed by atoms with Crippen LogP contribution in [0.4, 0.5) is 0 Å². The number of carbonyl (C=O) groups is 1. The molecule has 1 aromatic heterocycles. The molecular formula is C10H8N2O3S2. The molecule has 2 rings (SSSR count). The molecule has 0 amide bonds. The monoisotopic (exact) mass is 268 g/mol. The molecule has 7 heteroatoms. The molecule has 0 atom stereocenters. The molecule has 2 N–H and O–H groups in total. The van der Waals surface area contributed by atoms with Crippen LogP contribution < -0.4 is 0 Å². The van der Waals surface area contributed by atoms with Crippen molar-refractivity contribution in [2.45, 2.75) is 4.34 Å². The van der Waals surface area contributed by atoms with Crippen LogP contribution in [0.15, 0.2) is 28.0 Å². The molecule has 0 spiro atoms. The van der Waals surface area contributed by atoms with Crippen molar-refractivity contribution in [1.29, 1.82) is 0 Å². The molecule has 0 aliphatic heterocycles. The minimum atomic E-state index is -0.295. The van der Waals surface area contributed by atoms with Crippen LogP contribution in [0.3, 0.4) is 0 Å². The molecule has 0 unspecified atom stereocenters. The Bertz CT molecular complexity index is 528. The van der Waals surface area contributed by atoms with E-state index in [2.05, 4.69) is 10.2 Å². The normalized spacial score (nSPS) is 10.4. The maximum atomic E-state index is 11.7. The van der Waals surface area contributed by atoms with Crippen molar-refractivity contribution in [2.75, 3.05) is 5.75 Å². The highest BCUT2D eigenvalue weighted by Crippen LogP contribution is 2.26. The number of Topliss-reactive ketones (excluding diaryl/α,β-unsaturated/α-hetero) is 1. The lowest BCUT2D eigenvalue weighted by Gasteiger charge is -2.01. The van der Waals surface area contributed by atoms with Crippen LogP contribution in [0.1, 0.15) is 10.4 Å². The first-order valence-electron chi connectivity index (χ1n) is 4.61. The summed E-state index contributed by atoms with van der Waals surface area (Å²) in [4.78, 5) is 11.7. The molecule has 0 aliphatic carbocycles. The molecule has 17 heavy (non-hydrogen) atoms. The molecule has 0 radical (unpaired) electrons. The lowest BCUT2D eigenvalue weighted by Crippen LogP contribution is -2.01. The van der Waals surface area contributed by atoms with E-state index >= 15 is 0 Å². The van der Waals surface area contributed by atoms with Crippen LogP contribution in [0.25, 0.3) is 0 Å². The van der Waals surface area contributed by atoms with E-state index in [0.29, 0.717) is 5.56 Å². The van der Waals surface area contributed by atoms with Gasteiger partial charge in [-0.2, -0.15) is 0 Å². The number of hydrogen-bond acceptors (Lipinski definition) is 7.